The molecule has 0 saturated heterocycles. The minimum Gasteiger partial charge on any atom is -0.274 e. The molecular weight excluding hydrogens is 385 g/mol. The summed E-state index contributed by atoms with van der Waals surface area (Å²) in [7, 11) is -1.91. The number of anilines is 1. The maximum atomic E-state index is 12.0. The van der Waals surface area contributed by atoms with Crippen molar-refractivity contribution in [2.75, 3.05) is 17.6 Å². The van der Waals surface area contributed by atoms with E-state index in [0.29, 0.717) is 26.9 Å². The zero-order valence-electron chi connectivity index (χ0n) is 13.4. The molecule has 0 saturated carbocycles. The molecule has 132 valence electrons. The van der Waals surface area contributed by atoms with E-state index in [4.69, 9.17) is 23.2 Å². The van der Waals surface area contributed by atoms with Crippen molar-refractivity contribution in [1.29, 1.82) is 0 Å². The summed E-state index contributed by atoms with van der Waals surface area (Å²) in [6, 6.07) is 11.1. The lowest BCUT2D eigenvalue weighted by molar-refractivity contribution is 0.0955. The zero-order valence-corrected chi connectivity index (χ0v) is 15.7. The monoisotopic (exact) mass is 399 g/mol. The van der Waals surface area contributed by atoms with Crippen LogP contribution in [0.3, 0.4) is 0 Å². The van der Waals surface area contributed by atoms with Crippen LogP contribution in [0.4, 0.5) is 5.69 Å². The molecule has 6 nitrogen and oxygen atoms in total. The lowest BCUT2D eigenvalue weighted by Crippen LogP contribution is -2.25. The van der Waals surface area contributed by atoms with Gasteiger partial charge in [-0.3, -0.25) is 9.10 Å². The van der Waals surface area contributed by atoms with E-state index in [9.17, 15) is 13.2 Å². The van der Waals surface area contributed by atoms with Gasteiger partial charge >= 0.3 is 0 Å². The van der Waals surface area contributed by atoms with Crippen molar-refractivity contribution in [3.05, 3.63) is 63.6 Å². The van der Waals surface area contributed by atoms with Crippen LogP contribution in [0.5, 0.6) is 0 Å². The second-order valence-corrected chi connectivity index (χ2v) is 7.98. The van der Waals surface area contributed by atoms with Crippen LogP contribution in [0.1, 0.15) is 15.9 Å². The topological polar surface area (TPSA) is 78.8 Å². The fraction of sp³-hybridized carbons (Fsp3) is 0.125. The molecule has 0 spiro atoms. The molecule has 0 aliphatic carbocycles. The van der Waals surface area contributed by atoms with Gasteiger partial charge in [-0.15, -0.1) is 0 Å². The predicted molar refractivity (Wildman–Crippen MR) is 101 cm³/mol. The smallest absolute Gasteiger partial charge is 0.271 e. The Bertz CT molecular complexity index is 913. The number of hydrogen-bond donors (Lipinski definition) is 1. The van der Waals surface area contributed by atoms with E-state index in [-0.39, 0.29) is 0 Å². The van der Waals surface area contributed by atoms with Gasteiger partial charge in [0.05, 0.1) is 28.2 Å². The highest BCUT2D eigenvalue weighted by atomic mass is 35.5. The Morgan fingerprint density at radius 2 is 1.76 bits per heavy atom. The molecule has 2 rings (SSSR count). The van der Waals surface area contributed by atoms with E-state index in [0.717, 1.165) is 10.6 Å². The lowest BCUT2D eigenvalue weighted by atomic mass is 10.2. The third kappa shape index (κ3) is 5.19. The van der Waals surface area contributed by atoms with Gasteiger partial charge in [0.2, 0.25) is 10.0 Å². The average Bonchev–Trinajstić information content (AvgIpc) is 2.56. The van der Waals surface area contributed by atoms with Crippen LogP contribution in [0.15, 0.2) is 47.6 Å². The van der Waals surface area contributed by atoms with Crippen LogP contribution in [0, 0.1) is 0 Å². The van der Waals surface area contributed by atoms with Gasteiger partial charge in [0.15, 0.2) is 0 Å². The van der Waals surface area contributed by atoms with E-state index in [1.54, 1.807) is 30.3 Å². The van der Waals surface area contributed by atoms with Crippen molar-refractivity contribution in [3.63, 3.8) is 0 Å². The Morgan fingerprint density at radius 1 is 1.12 bits per heavy atom. The number of carbonyl (C=O) groups excluding carboxylic acids is 1. The standard InChI is InChI=1S/C16H15Cl2N3O3S/c1-21(25(2,23)24)13-6-4-12(5-7-13)16(22)20-19-10-11-3-8-14(17)15(18)9-11/h3-10H,1-2H3,(H,20,22)/b19-10-. The van der Waals surface area contributed by atoms with Crippen molar-refractivity contribution in [2.45, 2.75) is 0 Å². The first-order valence-electron chi connectivity index (χ1n) is 7.01. The van der Waals surface area contributed by atoms with Gasteiger partial charge in [-0.1, -0.05) is 29.3 Å². The number of halogens is 2. The second kappa shape index (κ2) is 7.86. The molecule has 2 aromatic rings. The van der Waals surface area contributed by atoms with Gasteiger partial charge in [-0.2, -0.15) is 5.10 Å². The van der Waals surface area contributed by atoms with E-state index < -0.39 is 15.9 Å². The molecule has 0 atom stereocenters. The van der Waals surface area contributed by atoms with Crippen molar-refractivity contribution in [1.82, 2.24) is 5.43 Å². The molecule has 0 fully saturated rings. The molecule has 2 aromatic carbocycles. The van der Waals surface area contributed by atoms with Crippen LogP contribution in [-0.4, -0.2) is 33.8 Å². The number of hydrazone groups is 1. The average molecular weight is 400 g/mol. The Labute approximate surface area is 156 Å². The first kappa shape index (κ1) is 19.2. The number of benzene rings is 2. The summed E-state index contributed by atoms with van der Waals surface area (Å²) in [5.41, 5.74) is 3.86. The first-order chi connectivity index (χ1) is 11.7. The van der Waals surface area contributed by atoms with Gasteiger partial charge in [0.25, 0.3) is 5.91 Å². The van der Waals surface area contributed by atoms with Crippen molar-refractivity contribution in [2.24, 2.45) is 5.10 Å². The van der Waals surface area contributed by atoms with Crippen molar-refractivity contribution < 1.29 is 13.2 Å². The molecule has 0 aromatic heterocycles. The van der Waals surface area contributed by atoms with Crippen LogP contribution in [0.2, 0.25) is 10.0 Å². The Kier molecular flexibility index (Phi) is 6.05. The molecule has 25 heavy (non-hydrogen) atoms. The molecular formula is C16H15Cl2N3O3S. The Balaban J connectivity index is 2.03. The number of hydrogen-bond acceptors (Lipinski definition) is 4. The van der Waals surface area contributed by atoms with Crippen LogP contribution < -0.4 is 9.73 Å². The summed E-state index contributed by atoms with van der Waals surface area (Å²) in [6.07, 6.45) is 2.54. The molecule has 0 heterocycles. The van der Waals surface area contributed by atoms with Gasteiger partial charge < -0.3 is 0 Å². The summed E-state index contributed by atoms with van der Waals surface area (Å²) < 4.78 is 24.1. The summed E-state index contributed by atoms with van der Waals surface area (Å²) in [6.45, 7) is 0. The van der Waals surface area contributed by atoms with E-state index in [1.807, 2.05) is 0 Å². The summed E-state index contributed by atoms with van der Waals surface area (Å²) >= 11 is 11.7. The number of nitrogens with zero attached hydrogens (tertiary/aromatic N) is 2. The fourth-order valence-corrected chi connectivity index (χ4v) is 2.65. The van der Waals surface area contributed by atoms with E-state index >= 15 is 0 Å². The quantitative estimate of drug-likeness (QED) is 0.619. The highest BCUT2D eigenvalue weighted by Crippen LogP contribution is 2.21. The number of carbonyl (C=O) groups is 1. The normalized spacial score (nSPS) is 11.5. The number of amides is 1. The lowest BCUT2D eigenvalue weighted by Gasteiger charge is -2.16. The number of rotatable bonds is 5. The molecule has 0 radical (unpaired) electrons. The molecule has 0 unspecified atom stereocenters. The molecule has 0 bridgehead atoms. The fourth-order valence-electron chi connectivity index (χ4n) is 1.84. The largest absolute Gasteiger partial charge is 0.274 e. The summed E-state index contributed by atoms with van der Waals surface area (Å²) in [5, 5.41) is 4.68. The van der Waals surface area contributed by atoms with Crippen LogP contribution in [-0.2, 0) is 10.0 Å². The minimum absolute atomic E-state index is 0.344. The Hall–Kier alpha value is -2.09. The number of nitrogens with one attached hydrogen (secondary N) is 1. The molecule has 1 amide bonds. The summed E-state index contributed by atoms with van der Waals surface area (Å²) in [4.78, 5) is 12.0. The molecule has 0 aliphatic heterocycles. The van der Waals surface area contributed by atoms with E-state index in [1.165, 1.54) is 25.4 Å². The van der Waals surface area contributed by atoms with E-state index in [2.05, 4.69) is 10.5 Å². The maximum absolute atomic E-state index is 12.0. The predicted octanol–water partition coefficient (Wildman–Crippen LogP) is 3.15. The maximum Gasteiger partial charge on any atom is 0.271 e. The molecule has 9 heteroatoms. The van der Waals surface area contributed by atoms with Gasteiger partial charge in [-0.05, 0) is 42.0 Å². The summed E-state index contributed by atoms with van der Waals surface area (Å²) in [5.74, 6) is -0.426. The van der Waals surface area contributed by atoms with Gasteiger partial charge in [0, 0.05) is 12.6 Å². The highest BCUT2D eigenvalue weighted by molar-refractivity contribution is 7.92. The van der Waals surface area contributed by atoms with Crippen LogP contribution >= 0.6 is 23.2 Å². The number of sulfonamides is 1. The van der Waals surface area contributed by atoms with Crippen molar-refractivity contribution in [3.8, 4) is 0 Å². The Morgan fingerprint density at radius 3 is 2.32 bits per heavy atom. The third-order valence-corrected chi connectivity index (χ3v) is 5.26. The highest BCUT2D eigenvalue weighted by Gasteiger charge is 2.12. The minimum atomic E-state index is -3.35. The van der Waals surface area contributed by atoms with Crippen LogP contribution in [0.25, 0.3) is 0 Å². The molecule has 0 aliphatic rings. The van der Waals surface area contributed by atoms with Gasteiger partial charge in [0.1, 0.15) is 0 Å². The molecule has 1 N–H and O–H groups in total. The first-order valence-corrected chi connectivity index (χ1v) is 9.61. The van der Waals surface area contributed by atoms with Gasteiger partial charge in [-0.25, -0.2) is 13.8 Å². The van der Waals surface area contributed by atoms with Crippen molar-refractivity contribution >= 4 is 51.0 Å². The zero-order chi connectivity index (χ0) is 18.6. The second-order valence-electron chi connectivity index (χ2n) is 5.15. The third-order valence-electron chi connectivity index (χ3n) is 3.31. The SMILES string of the molecule is CN(c1ccc(C(=O)N/N=C\c2ccc(Cl)c(Cl)c2)cc1)S(C)(=O)=O.